The van der Waals surface area contributed by atoms with E-state index in [4.69, 9.17) is 0 Å². The minimum atomic E-state index is -1.16. The van der Waals surface area contributed by atoms with Gasteiger partial charge in [0.15, 0.2) is 0 Å². The Morgan fingerprint density at radius 2 is 1.22 bits per heavy atom. The molecule has 0 saturated carbocycles. The summed E-state index contributed by atoms with van der Waals surface area (Å²) in [5.74, 6) is -1.16. The molecule has 126 valence electrons. The molecule has 0 amide bonds. The largest absolute Gasteiger partial charge is 1.00 e. The van der Waals surface area contributed by atoms with Crippen LogP contribution in [0.5, 0.6) is 0 Å². The first-order valence-electron chi connectivity index (χ1n) is 8.98. The van der Waals surface area contributed by atoms with Gasteiger partial charge >= 0.3 is 51.4 Å². The Morgan fingerprint density at radius 1 is 0.739 bits per heavy atom. The van der Waals surface area contributed by atoms with Gasteiger partial charge in [-0.15, -0.1) is 0 Å². The van der Waals surface area contributed by atoms with E-state index in [1.165, 1.54) is 76.7 Å². The molecule has 0 radical (unpaired) electrons. The third-order valence-corrected chi connectivity index (χ3v) is 3.68. The Labute approximate surface area is 185 Å². The molecule has 0 aliphatic rings. The molecule has 0 atom stereocenters. The molecule has 0 aromatic rings. The van der Waals surface area contributed by atoms with E-state index in [1.807, 2.05) is 12.2 Å². The monoisotopic (exact) mass is 344 g/mol. The molecule has 0 aliphatic heterocycles. The molecule has 0 aromatic carbocycles. The topological polar surface area (TPSA) is 40.1 Å². The van der Waals surface area contributed by atoms with E-state index in [0.717, 1.165) is 12.5 Å². The van der Waals surface area contributed by atoms with Crippen LogP contribution in [0.3, 0.4) is 0 Å². The molecule has 0 unspecified atom stereocenters. The van der Waals surface area contributed by atoms with Crippen LogP contribution in [0.15, 0.2) is 36.5 Å². The van der Waals surface area contributed by atoms with Crippen molar-refractivity contribution in [1.82, 2.24) is 0 Å². The number of carbonyl (C=O) groups is 1. The number of hydrogen-bond donors (Lipinski definition) is 0. The summed E-state index contributed by atoms with van der Waals surface area (Å²) < 4.78 is 0. The molecule has 3 heteroatoms. The number of carboxylic acid groups (broad SMARTS) is 1. The molecule has 0 aromatic heterocycles. The predicted octanol–water partition coefficient (Wildman–Crippen LogP) is 2.11. The molecule has 23 heavy (non-hydrogen) atoms. The van der Waals surface area contributed by atoms with Crippen LogP contribution in [0.1, 0.15) is 84.0 Å². The van der Waals surface area contributed by atoms with Crippen LogP contribution in [-0.4, -0.2) is 5.97 Å². The van der Waals surface area contributed by atoms with Gasteiger partial charge in [-0.25, -0.2) is 0 Å². The average Bonchev–Trinajstić information content (AvgIpc) is 2.50. The summed E-state index contributed by atoms with van der Waals surface area (Å²) in [5, 5.41) is 10.1. The van der Waals surface area contributed by atoms with Crippen LogP contribution in [0.25, 0.3) is 0 Å². The van der Waals surface area contributed by atoms with Crippen molar-refractivity contribution in [3.05, 3.63) is 36.5 Å². The van der Waals surface area contributed by atoms with Crippen LogP contribution in [0, 0.1) is 0 Å². The Kier molecular flexibility index (Phi) is 24.8. The third kappa shape index (κ3) is 24.7. The first-order valence-corrected chi connectivity index (χ1v) is 8.98. The minimum Gasteiger partial charge on any atom is -0.545 e. The third-order valence-electron chi connectivity index (χ3n) is 3.68. The SMILES string of the molecule is CCCCCCCCCCCCCC=CC=CC=CC(=O)[O-].[K+]. The van der Waals surface area contributed by atoms with Crippen molar-refractivity contribution in [2.75, 3.05) is 0 Å². The number of rotatable bonds is 15. The number of carbonyl (C=O) groups excluding carboxylic acids is 1. The Hall–Kier alpha value is 0.326. The summed E-state index contributed by atoms with van der Waals surface area (Å²) in [6.45, 7) is 2.26. The van der Waals surface area contributed by atoms with Gasteiger partial charge in [-0.05, 0) is 18.9 Å². The van der Waals surface area contributed by atoms with E-state index in [-0.39, 0.29) is 51.4 Å². The Balaban J connectivity index is 0. The number of hydrogen-bond acceptors (Lipinski definition) is 2. The van der Waals surface area contributed by atoms with Gasteiger partial charge in [-0.1, -0.05) is 102 Å². The van der Waals surface area contributed by atoms with Crippen molar-refractivity contribution in [2.24, 2.45) is 0 Å². The van der Waals surface area contributed by atoms with Crippen LogP contribution in [0.4, 0.5) is 0 Å². The maximum absolute atomic E-state index is 10.1. The van der Waals surface area contributed by atoms with Gasteiger partial charge in [0.05, 0.1) is 5.97 Å². The van der Waals surface area contributed by atoms with Crippen LogP contribution in [0.2, 0.25) is 0 Å². The van der Waals surface area contributed by atoms with E-state index >= 15 is 0 Å². The summed E-state index contributed by atoms with van der Waals surface area (Å²) in [6, 6.07) is 0. The van der Waals surface area contributed by atoms with Gasteiger partial charge < -0.3 is 9.90 Å². The first kappa shape index (κ1) is 25.6. The summed E-state index contributed by atoms with van der Waals surface area (Å²) in [6.07, 6.45) is 26.3. The van der Waals surface area contributed by atoms with E-state index in [2.05, 4.69) is 13.0 Å². The number of unbranched alkanes of at least 4 members (excludes halogenated alkanes) is 11. The second-order valence-electron chi connectivity index (χ2n) is 5.82. The van der Waals surface area contributed by atoms with Crippen molar-refractivity contribution >= 4 is 5.97 Å². The summed E-state index contributed by atoms with van der Waals surface area (Å²) in [4.78, 5) is 10.1. The van der Waals surface area contributed by atoms with Gasteiger partial charge in [0.1, 0.15) is 0 Å². The molecule has 0 N–H and O–H groups in total. The van der Waals surface area contributed by atoms with Crippen LogP contribution in [-0.2, 0) is 4.79 Å². The maximum atomic E-state index is 10.1. The fraction of sp³-hybridized carbons (Fsp3) is 0.650. The molecule has 0 fully saturated rings. The number of allylic oxidation sites excluding steroid dienone is 5. The zero-order chi connectivity index (χ0) is 16.3. The van der Waals surface area contributed by atoms with Gasteiger partial charge in [0.25, 0.3) is 0 Å². The molecule has 0 bridgehead atoms. The first-order chi connectivity index (χ1) is 10.8. The van der Waals surface area contributed by atoms with Crippen molar-refractivity contribution < 1.29 is 61.3 Å². The van der Waals surface area contributed by atoms with E-state index in [0.29, 0.717) is 0 Å². The fourth-order valence-corrected chi connectivity index (χ4v) is 2.36. The van der Waals surface area contributed by atoms with E-state index < -0.39 is 5.97 Å². The Morgan fingerprint density at radius 3 is 1.74 bits per heavy atom. The summed E-state index contributed by atoms with van der Waals surface area (Å²) in [5.41, 5.74) is 0. The minimum absolute atomic E-state index is 0. The molecule has 0 rings (SSSR count). The number of aliphatic carboxylic acids is 1. The maximum Gasteiger partial charge on any atom is 1.00 e. The zero-order valence-corrected chi connectivity index (χ0v) is 18.4. The molecular weight excluding hydrogens is 311 g/mol. The average molecular weight is 345 g/mol. The van der Waals surface area contributed by atoms with Crippen molar-refractivity contribution in [2.45, 2.75) is 84.0 Å². The molecular formula is C20H33KO2. The standard InChI is InChI=1S/C20H34O2.K/c1-2-3-4-5-6-7-8-9-10-11-12-13-14-15-16-17-18-19-20(21)22;/h14-19H,2-13H2,1H3,(H,21,22);/q;+1/p-1. The van der Waals surface area contributed by atoms with E-state index in [1.54, 1.807) is 6.08 Å². The second kappa shape index (κ2) is 22.3. The second-order valence-corrected chi connectivity index (χ2v) is 5.82. The molecule has 0 heterocycles. The van der Waals surface area contributed by atoms with Gasteiger partial charge in [-0.3, -0.25) is 0 Å². The Bertz CT molecular complexity index is 333. The van der Waals surface area contributed by atoms with Crippen LogP contribution >= 0.6 is 0 Å². The zero-order valence-electron chi connectivity index (χ0n) is 15.3. The quantitative estimate of drug-likeness (QED) is 0.198. The fourth-order valence-electron chi connectivity index (χ4n) is 2.36. The van der Waals surface area contributed by atoms with E-state index in [9.17, 15) is 9.90 Å². The van der Waals surface area contributed by atoms with Gasteiger partial charge in [0, 0.05) is 0 Å². The summed E-state index contributed by atoms with van der Waals surface area (Å²) in [7, 11) is 0. The number of carboxylic acids is 1. The van der Waals surface area contributed by atoms with Gasteiger partial charge in [-0.2, -0.15) is 0 Å². The molecule has 0 spiro atoms. The predicted molar refractivity (Wildman–Crippen MR) is 93.5 cm³/mol. The smallest absolute Gasteiger partial charge is 0.545 e. The molecule has 0 aliphatic carbocycles. The molecule has 2 nitrogen and oxygen atoms in total. The van der Waals surface area contributed by atoms with Gasteiger partial charge in [0.2, 0.25) is 0 Å². The van der Waals surface area contributed by atoms with Crippen molar-refractivity contribution in [3.63, 3.8) is 0 Å². The normalized spacial score (nSPS) is 11.5. The van der Waals surface area contributed by atoms with Crippen molar-refractivity contribution in [1.29, 1.82) is 0 Å². The molecule has 0 saturated heterocycles. The van der Waals surface area contributed by atoms with Crippen molar-refractivity contribution in [3.8, 4) is 0 Å². The van der Waals surface area contributed by atoms with Crippen LogP contribution < -0.4 is 56.5 Å². The summed E-state index contributed by atoms with van der Waals surface area (Å²) >= 11 is 0.